The van der Waals surface area contributed by atoms with Crippen LogP contribution in [0.15, 0.2) is 42.5 Å². The lowest BCUT2D eigenvalue weighted by molar-refractivity contribution is -0.141. The zero-order valence-corrected chi connectivity index (χ0v) is 21.7. The van der Waals surface area contributed by atoms with Crippen molar-refractivity contribution < 1.29 is 23.5 Å². The monoisotopic (exact) mass is 496 g/mol. The van der Waals surface area contributed by atoms with Crippen LogP contribution in [0.1, 0.15) is 69.7 Å². The van der Waals surface area contributed by atoms with Crippen molar-refractivity contribution in [1.82, 2.24) is 10.2 Å². The normalized spacial score (nSPS) is 20.5. The van der Waals surface area contributed by atoms with Gasteiger partial charge in [0.05, 0.1) is 12.1 Å². The van der Waals surface area contributed by atoms with E-state index >= 15 is 0 Å². The number of halogens is 1. The Balaban J connectivity index is 1.61. The first-order valence-electron chi connectivity index (χ1n) is 12.9. The summed E-state index contributed by atoms with van der Waals surface area (Å²) in [5.74, 6) is 0.0501. The lowest BCUT2D eigenvalue weighted by atomic mass is 9.85. The molecule has 3 atom stereocenters. The molecule has 0 unspecified atom stereocenters. The van der Waals surface area contributed by atoms with Gasteiger partial charge in [-0.1, -0.05) is 45.9 Å². The molecule has 0 radical (unpaired) electrons. The van der Waals surface area contributed by atoms with Crippen LogP contribution in [-0.4, -0.2) is 48.6 Å². The quantitative estimate of drug-likeness (QED) is 0.598. The van der Waals surface area contributed by atoms with Gasteiger partial charge in [-0.2, -0.15) is 0 Å². The number of hydrogen-bond donors (Lipinski definition) is 1. The summed E-state index contributed by atoms with van der Waals surface area (Å²) in [6, 6.07) is 11.8. The number of fused-ring (bicyclic) bond motifs is 1. The molecule has 6 nitrogen and oxygen atoms in total. The topological polar surface area (TPSA) is 67.9 Å². The molecule has 4 rings (SSSR count). The summed E-state index contributed by atoms with van der Waals surface area (Å²) in [5.41, 5.74) is 2.13. The van der Waals surface area contributed by atoms with Crippen molar-refractivity contribution >= 4 is 11.8 Å². The van der Waals surface area contributed by atoms with E-state index in [1.165, 1.54) is 12.1 Å². The third-order valence-corrected chi connectivity index (χ3v) is 6.88. The van der Waals surface area contributed by atoms with E-state index in [1.54, 1.807) is 6.07 Å². The first kappa shape index (κ1) is 26.1. The van der Waals surface area contributed by atoms with Crippen molar-refractivity contribution in [2.24, 2.45) is 5.41 Å². The molecule has 0 aliphatic carbocycles. The Kier molecular flexibility index (Phi) is 7.98. The summed E-state index contributed by atoms with van der Waals surface area (Å²) in [4.78, 5) is 28.1. The highest BCUT2D eigenvalue weighted by atomic mass is 19.1. The molecule has 2 aromatic carbocycles. The smallest absolute Gasteiger partial charge is 0.261 e. The van der Waals surface area contributed by atoms with Crippen molar-refractivity contribution in [2.45, 2.75) is 71.6 Å². The molecule has 2 heterocycles. The van der Waals surface area contributed by atoms with Gasteiger partial charge in [0.2, 0.25) is 5.91 Å². The summed E-state index contributed by atoms with van der Waals surface area (Å²) in [6.45, 7) is 9.37. The molecule has 0 bridgehead atoms. The zero-order chi connectivity index (χ0) is 25.9. The molecule has 2 aliphatic rings. The van der Waals surface area contributed by atoms with Gasteiger partial charge in [0.15, 0.2) is 6.10 Å². The van der Waals surface area contributed by atoms with E-state index in [0.29, 0.717) is 37.2 Å². The zero-order valence-electron chi connectivity index (χ0n) is 21.7. The SMILES string of the molecule is CC[C@H](Oc1ccc2c(c1)[C@H](c1cccc(F)c1)N(C(=O)C(C)(C)C)CC2)C(=O)NC[C@@H]1CCCO1. The second-order valence-corrected chi connectivity index (χ2v) is 10.7. The molecular weight excluding hydrogens is 459 g/mol. The molecule has 0 spiro atoms. The Labute approximate surface area is 213 Å². The number of nitrogens with one attached hydrogen (secondary N) is 1. The highest BCUT2D eigenvalue weighted by Gasteiger charge is 2.37. The summed E-state index contributed by atoms with van der Waals surface area (Å²) >= 11 is 0. The molecule has 194 valence electrons. The van der Waals surface area contributed by atoms with E-state index in [1.807, 2.05) is 56.9 Å². The molecule has 1 saturated heterocycles. The van der Waals surface area contributed by atoms with Crippen LogP contribution in [0, 0.1) is 11.2 Å². The van der Waals surface area contributed by atoms with Crippen molar-refractivity contribution in [3.05, 3.63) is 65.0 Å². The second kappa shape index (κ2) is 11.0. The average molecular weight is 497 g/mol. The summed E-state index contributed by atoms with van der Waals surface area (Å²) < 4.78 is 26.0. The molecule has 0 aromatic heterocycles. The number of amides is 2. The standard InChI is InChI=1S/C29H37FN2O4/c1-5-25(27(33)31-18-23-10-7-15-35-23)36-22-12-11-19-13-14-32(28(34)29(2,3)4)26(24(19)17-22)20-8-6-9-21(30)16-20/h6,8-9,11-12,16-17,23,25-26H,5,7,10,13-15,18H2,1-4H3,(H,31,33)/t23-,25-,26-/m0/s1. The van der Waals surface area contributed by atoms with Crippen LogP contribution in [0.3, 0.4) is 0 Å². The third-order valence-electron chi connectivity index (χ3n) is 6.88. The molecule has 1 fully saturated rings. The van der Waals surface area contributed by atoms with E-state index in [4.69, 9.17) is 9.47 Å². The maximum absolute atomic E-state index is 14.2. The van der Waals surface area contributed by atoms with E-state index in [0.717, 1.165) is 30.6 Å². The fourth-order valence-corrected chi connectivity index (χ4v) is 4.97. The van der Waals surface area contributed by atoms with Crippen LogP contribution in [-0.2, 0) is 20.7 Å². The Morgan fingerprint density at radius 2 is 2.03 bits per heavy atom. The summed E-state index contributed by atoms with van der Waals surface area (Å²) in [6.07, 6.45) is 2.60. The number of carbonyl (C=O) groups is 2. The van der Waals surface area contributed by atoms with Gasteiger partial charge in [0, 0.05) is 25.1 Å². The minimum Gasteiger partial charge on any atom is -0.481 e. The highest BCUT2D eigenvalue weighted by molar-refractivity contribution is 5.83. The van der Waals surface area contributed by atoms with E-state index in [9.17, 15) is 14.0 Å². The van der Waals surface area contributed by atoms with Gasteiger partial charge in [0.25, 0.3) is 5.91 Å². The molecule has 1 N–H and O–H groups in total. The first-order valence-corrected chi connectivity index (χ1v) is 12.9. The highest BCUT2D eigenvalue weighted by Crippen LogP contribution is 2.39. The molecule has 0 saturated carbocycles. The lowest BCUT2D eigenvalue weighted by Crippen LogP contribution is -2.45. The number of rotatable bonds is 7. The fourth-order valence-electron chi connectivity index (χ4n) is 4.97. The van der Waals surface area contributed by atoms with Gasteiger partial charge in [-0.15, -0.1) is 0 Å². The Hall–Kier alpha value is -2.93. The molecule has 2 amide bonds. The van der Waals surface area contributed by atoms with Crippen molar-refractivity contribution in [3.8, 4) is 5.75 Å². The van der Waals surface area contributed by atoms with Gasteiger partial charge in [-0.3, -0.25) is 9.59 Å². The number of carbonyl (C=O) groups excluding carboxylic acids is 2. The summed E-state index contributed by atoms with van der Waals surface area (Å²) in [7, 11) is 0. The molecule has 2 aromatic rings. The second-order valence-electron chi connectivity index (χ2n) is 10.7. The first-order chi connectivity index (χ1) is 17.2. The van der Waals surface area contributed by atoms with Gasteiger partial charge < -0.3 is 19.7 Å². The largest absolute Gasteiger partial charge is 0.481 e. The number of hydrogen-bond acceptors (Lipinski definition) is 4. The third kappa shape index (κ3) is 5.89. The van der Waals surface area contributed by atoms with Crippen LogP contribution < -0.4 is 10.1 Å². The molecule has 36 heavy (non-hydrogen) atoms. The average Bonchev–Trinajstić information content (AvgIpc) is 3.37. The van der Waals surface area contributed by atoms with Crippen molar-refractivity contribution in [3.63, 3.8) is 0 Å². The van der Waals surface area contributed by atoms with Crippen LogP contribution >= 0.6 is 0 Å². The van der Waals surface area contributed by atoms with Gasteiger partial charge in [-0.05, 0) is 66.6 Å². The molecule has 7 heteroatoms. The minimum absolute atomic E-state index is 0.00803. The minimum atomic E-state index is -0.645. The number of ether oxygens (including phenoxy) is 2. The van der Waals surface area contributed by atoms with Crippen molar-refractivity contribution in [2.75, 3.05) is 19.7 Å². The maximum atomic E-state index is 14.2. The van der Waals surface area contributed by atoms with Crippen molar-refractivity contribution in [1.29, 1.82) is 0 Å². The van der Waals surface area contributed by atoms with Gasteiger partial charge in [0.1, 0.15) is 11.6 Å². The van der Waals surface area contributed by atoms with E-state index in [2.05, 4.69) is 5.32 Å². The van der Waals surface area contributed by atoms with E-state index < -0.39 is 17.6 Å². The maximum Gasteiger partial charge on any atom is 0.261 e. The Morgan fingerprint density at radius 3 is 2.69 bits per heavy atom. The molecule has 2 aliphatic heterocycles. The van der Waals surface area contributed by atoms with E-state index in [-0.39, 0.29) is 23.7 Å². The fraction of sp³-hybridized carbons (Fsp3) is 0.517. The van der Waals surface area contributed by atoms with Crippen LogP contribution in [0.5, 0.6) is 5.75 Å². The van der Waals surface area contributed by atoms with Gasteiger partial charge in [-0.25, -0.2) is 4.39 Å². The Bertz CT molecular complexity index is 1090. The van der Waals surface area contributed by atoms with Crippen LogP contribution in [0.2, 0.25) is 0 Å². The number of benzene rings is 2. The van der Waals surface area contributed by atoms with Gasteiger partial charge >= 0.3 is 0 Å². The summed E-state index contributed by atoms with van der Waals surface area (Å²) in [5, 5.41) is 2.95. The Morgan fingerprint density at radius 1 is 1.22 bits per heavy atom. The molecular formula is C29H37FN2O4. The van der Waals surface area contributed by atoms with Crippen LogP contribution in [0.4, 0.5) is 4.39 Å². The predicted octanol–water partition coefficient (Wildman–Crippen LogP) is 4.80. The predicted molar refractivity (Wildman–Crippen MR) is 136 cm³/mol. The van der Waals surface area contributed by atoms with Crippen LogP contribution in [0.25, 0.3) is 0 Å². The number of nitrogens with zero attached hydrogens (tertiary/aromatic N) is 1. The lowest BCUT2D eigenvalue weighted by Gasteiger charge is -2.41.